The lowest BCUT2D eigenvalue weighted by atomic mass is 10.2. The minimum Gasteiger partial charge on any atom is -0.481 e. The number of amidine groups is 1. The largest absolute Gasteiger partial charge is 0.481 e. The second-order valence-corrected chi connectivity index (χ2v) is 6.96. The highest BCUT2D eigenvalue weighted by atomic mass is 32.2. The second kappa shape index (κ2) is 6.84. The standard InChI is InChI=1S/C13H15N3O7S/c1-16-12(24(21,22)8-5-3-2-4-6-8)11(15-23-16)14-9(13(19)20)7-10(17)18/h2-6,9,12H,7H2,1H3,(H,14,15)(H,17,18)(H,19,20)/t9-,12?/m0/s1. The predicted molar refractivity (Wildman–Crippen MR) is 80.5 cm³/mol. The van der Waals surface area contributed by atoms with E-state index < -0.39 is 39.6 Å². The smallest absolute Gasteiger partial charge is 0.326 e. The van der Waals surface area contributed by atoms with Crippen LogP contribution < -0.4 is 5.32 Å². The summed E-state index contributed by atoms with van der Waals surface area (Å²) in [5.41, 5.74) is 0. The molecule has 1 aromatic rings. The fourth-order valence-corrected chi connectivity index (χ4v) is 3.73. The van der Waals surface area contributed by atoms with Gasteiger partial charge in [0.25, 0.3) is 0 Å². The zero-order valence-corrected chi connectivity index (χ0v) is 13.3. The Balaban J connectivity index is 2.30. The molecule has 0 fully saturated rings. The van der Waals surface area contributed by atoms with E-state index in [1.54, 1.807) is 6.07 Å². The molecule has 0 aliphatic carbocycles. The summed E-state index contributed by atoms with van der Waals surface area (Å²) in [6.45, 7) is 0. The van der Waals surface area contributed by atoms with Crippen LogP contribution in [-0.4, -0.2) is 59.9 Å². The first-order chi connectivity index (χ1) is 11.2. The average molecular weight is 357 g/mol. The van der Waals surface area contributed by atoms with Crippen LogP contribution in [0.4, 0.5) is 0 Å². The molecule has 0 saturated carbocycles. The van der Waals surface area contributed by atoms with Crippen molar-refractivity contribution in [3.63, 3.8) is 0 Å². The van der Waals surface area contributed by atoms with Crippen LogP contribution >= 0.6 is 0 Å². The lowest BCUT2D eigenvalue weighted by molar-refractivity contribution is -0.145. The molecular formula is C13H15N3O7S. The third-order valence-electron chi connectivity index (χ3n) is 3.20. The summed E-state index contributed by atoms with van der Waals surface area (Å²) in [7, 11) is -2.65. The number of carbonyl (C=O) groups is 2. The number of nitrogens with one attached hydrogen (secondary N) is 1. The Morgan fingerprint density at radius 1 is 1.33 bits per heavy atom. The van der Waals surface area contributed by atoms with Crippen molar-refractivity contribution < 1.29 is 33.2 Å². The van der Waals surface area contributed by atoms with Crippen LogP contribution in [0.5, 0.6) is 0 Å². The lowest BCUT2D eigenvalue weighted by Gasteiger charge is -2.20. The quantitative estimate of drug-likeness (QED) is 0.613. The van der Waals surface area contributed by atoms with Crippen molar-refractivity contribution in [3.05, 3.63) is 30.3 Å². The van der Waals surface area contributed by atoms with E-state index in [1.807, 2.05) is 0 Å². The number of nitrogens with zero attached hydrogens (tertiary/aromatic N) is 2. The Morgan fingerprint density at radius 2 is 1.96 bits per heavy atom. The van der Waals surface area contributed by atoms with Gasteiger partial charge in [-0.3, -0.25) is 9.73 Å². The maximum Gasteiger partial charge on any atom is 0.326 e. The molecule has 1 aliphatic heterocycles. The molecule has 0 aromatic heterocycles. The molecule has 10 nitrogen and oxygen atoms in total. The maximum atomic E-state index is 12.7. The van der Waals surface area contributed by atoms with E-state index >= 15 is 0 Å². The van der Waals surface area contributed by atoms with Gasteiger partial charge in [-0.25, -0.2) is 13.2 Å². The number of hydrogen-bond donors (Lipinski definition) is 3. The van der Waals surface area contributed by atoms with Crippen LogP contribution in [0.1, 0.15) is 6.42 Å². The van der Waals surface area contributed by atoms with E-state index in [1.165, 1.54) is 31.3 Å². The van der Waals surface area contributed by atoms with Crippen LogP contribution in [0.2, 0.25) is 0 Å². The molecule has 0 spiro atoms. The van der Waals surface area contributed by atoms with Crippen molar-refractivity contribution in [1.82, 2.24) is 10.4 Å². The SMILES string of the molecule is CN1ON=C(N[C@@H](CC(=O)O)C(=O)O)C1S(=O)(=O)c1ccccc1. The topological polar surface area (TPSA) is 146 Å². The van der Waals surface area contributed by atoms with Gasteiger partial charge >= 0.3 is 11.9 Å². The molecule has 11 heteroatoms. The summed E-state index contributed by atoms with van der Waals surface area (Å²) >= 11 is 0. The molecular weight excluding hydrogens is 342 g/mol. The minimum absolute atomic E-state index is 0.00744. The monoisotopic (exact) mass is 357 g/mol. The van der Waals surface area contributed by atoms with Gasteiger partial charge in [0, 0.05) is 7.05 Å². The number of aliphatic carboxylic acids is 2. The molecule has 24 heavy (non-hydrogen) atoms. The van der Waals surface area contributed by atoms with Crippen molar-refractivity contribution >= 4 is 27.6 Å². The zero-order chi connectivity index (χ0) is 17.9. The lowest BCUT2D eigenvalue weighted by Crippen LogP contribution is -2.50. The summed E-state index contributed by atoms with van der Waals surface area (Å²) in [6.07, 6.45) is -0.754. The molecule has 1 unspecified atom stereocenters. The van der Waals surface area contributed by atoms with Crippen LogP contribution in [0.25, 0.3) is 0 Å². The number of hydrogen-bond acceptors (Lipinski definition) is 8. The summed E-state index contributed by atoms with van der Waals surface area (Å²) in [5, 5.41) is 23.2. The summed E-state index contributed by atoms with van der Waals surface area (Å²) < 4.78 is 25.4. The maximum absolute atomic E-state index is 12.7. The van der Waals surface area contributed by atoms with E-state index in [9.17, 15) is 18.0 Å². The van der Waals surface area contributed by atoms with Gasteiger partial charge in [0.2, 0.25) is 15.2 Å². The van der Waals surface area contributed by atoms with Crippen molar-refractivity contribution in [2.45, 2.75) is 22.7 Å². The Bertz CT molecular complexity index is 763. The number of carboxylic acids is 2. The van der Waals surface area contributed by atoms with Crippen LogP contribution in [0, 0.1) is 0 Å². The number of oxime groups is 1. The Morgan fingerprint density at radius 3 is 2.50 bits per heavy atom. The molecule has 1 aromatic carbocycles. The zero-order valence-electron chi connectivity index (χ0n) is 12.5. The van der Waals surface area contributed by atoms with E-state index in [-0.39, 0.29) is 10.7 Å². The third-order valence-corrected chi connectivity index (χ3v) is 5.23. The number of benzene rings is 1. The highest BCUT2D eigenvalue weighted by Crippen LogP contribution is 2.23. The van der Waals surface area contributed by atoms with E-state index in [0.29, 0.717) is 0 Å². The highest BCUT2D eigenvalue weighted by Gasteiger charge is 2.43. The second-order valence-electron chi connectivity index (χ2n) is 4.95. The summed E-state index contributed by atoms with van der Waals surface area (Å²) in [4.78, 5) is 26.7. The van der Waals surface area contributed by atoms with Crippen molar-refractivity contribution in [1.29, 1.82) is 0 Å². The van der Waals surface area contributed by atoms with Gasteiger partial charge in [0.05, 0.1) is 11.3 Å². The van der Waals surface area contributed by atoms with Crippen LogP contribution in [-0.2, 0) is 24.4 Å². The van der Waals surface area contributed by atoms with Gasteiger partial charge in [-0.2, -0.15) is 0 Å². The molecule has 3 N–H and O–H groups in total. The van der Waals surface area contributed by atoms with Crippen LogP contribution in [0.15, 0.2) is 40.4 Å². The fraction of sp³-hybridized carbons (Fsp3) is 0.308. The molecule has 0 radical (unpaired) electrons. The van der Waals surface area contributed by atoms with E-state index in [0.717, 1.165) is 5.06 Å². The summed E-state index contributed by atoms with van der Waals surface area (Å²) in [5.74, 6) is -3.11. The first-order valence-corrected chi connectivity index (χ1v) is 8.26. The van der Waals surface area contributed by atoms with Crippen molar-refractivity contribution in [3.8, 4) is 0 Å². The van der Waals surface area contributed by atoms with Gasteiger partial charge < -0.3 is 15.5 Å². The first kappa shape index (κ1) is 17.7. The van der Waals surface area contributed by atoms with Gasteiger partial charge in [0.15, 0.2) is 5.84 Å². The van der Waals surface area contributed by atoms with Crippen molar-refractivity contribution in [2.75, 3.05) is 7.05 Å². The fourth-order valence-electron chi connectivity index (χ4n) is 2.10. The highest BCUT2D eigenvalue weighted by molar-refractivity contribution is 7.92. The van der Waals surface area contributed by atoms with E-state index in [4.69, 9.17) is 15.2 Å². The molecule has 2 rings (SSSR count). The van der Waals surface area contributed by atoms with Gasteiger partial charge in [-0.05, 0) is 17.3 Å². The van der Waals surface area contributed by atoms with Crippen LogP contribution in [0.3, 0.4) is 0 Å². The summed E-state index contributed by atoms with van der Waals surface area (Å²) in [6, 6.07) is 5.93. The van der Waals surface area contributed by atoms with Crippen molar-refractivity contribution in [2.24, 2.45) is 5.16 Å². The average Bonchev–Trinajstić information content (AvgIpc) is 2.88. The Labute approximate surface area is 137 Å². The first-order valence-electron chi connectivity index (χ1n) is 6.71. The molecule has 1 heterocycles. The van der Waals surface area contributed by atoms with Gasteiger partial charge in [0.1, 0.15) is 6.04 Å². The number of rotatable bonds is 6. The molecule has 1 aliphatic rings. The molecule has 2 atom stereocenters. The Hall–Kier alpha value is -2.66. The molecule has 0 amide bonds. The third kappa shape index (κ3) is 3.63. The Kier molecular flexibility index (Phi) is 5.04. The normalized spacial score (nSPS) is 19.2. The molecule has 130 valence electrons. The van der Waals surface area contributed by atoms with Gasteiger partial charge in [-0.1, -0.05) is 23.3 Å². The molecule has 0 saturated heterocycles. The number of sulfone groups is 1. The minimum atomic E-state index is -3.97. The van der Waals surface area contributed by atoms with Gasteiger partial charge in [-0.15, -0.1) is 0 Å². The predicted octanol–water partition coefficient (Wildman–Crippen LogP) is -0.506. The van der Waals surface area contributed by atoms with E-state index in [2.05, 4.69) is 10.5 Å². The number of likely N-dealkylation sites (N-methyl/N-ethyl adjacent to an activating group) is 1. The number of carboxylic acid groups (broad SMARTS) is 2. The molecule has 0 bridgehead atoms. The number of hydroxylamine groups is 2.